The number of benzene rings is 4. The van der Waals surface area contributed by atoms with E-state index in [1.807, 2.05) is 0 Å². The Morgan fingerprint density at radius 1 is 0.536 bits per heavy atom. The molecule has 28 heavy (non-hydrogen) atoms. The molecule has 1 unspecified atom stereocenters. The van der Waals surface area contributed by atoms with Crippen molar-refractivity contribution in [2.24, 2.45) is 0 Å². The van der Waals surface area contributed by atoms with E-state index in [9.17, 15) is 0 Å². The molecule has 0 fully saturated rings. The van der Waals surface area contributed by atoms with Gasteiger partial charge in [0.1, 0.15) is 0 Å². The molecule has 0 aromatic heterocycles. The van der Waals surface area contributed by atoms with Crippen molar-refractivity contribution in [2.45, 2.75) is 12.3 Å². The van der Waals surface area contributed by atoms with E-state index < -0.39 is 0 Å². The highest BCUT2D eigenvalue weighted by Crippen LogP contribution is 2.57. The second-order valence-corrected chi connectivity index (χ2v) is 8.11. The number of hydrogen-bond donors (Lipinski definition) is 0. The molecule has 0 saturated carbocycles. The summed E-state index contributed by atoms with van der Waals surface area (Å²) in [5, 5.41) is 0. The molecule has 3 aliphatic carbocycles. The largest absolute Gasteiger partial charge is 0.0619 e. The van der Waals surface area contributed by atoms with Gasteiger partial charge < -0.3 is 0 Å². The predicted octanol–water partition coefficient (Wildman–Crippen LogP) is 6.92. The minimum absolute atomic E-state index is 0.346. The Morgan fingerprint density at radius 2 is 1.29 bits per heavy atom. The fourth-order valence-corrected chi connectivity index (χ4v) is 5.62. The lowest BCUT2D eigenvalue weighted by Crippen LogP contribution is -2.10. The van der Waals surface area contributed by atoms with E-state index >= 15 is 0 Å². The lowest BCUT2D eigenvalue weighted by Gasteiger charge is -2.30. The van der Waals surface area contributed by atoms with E-state index in [0.717, 1.165) is 6.42 Å². The average molecular weight is 354 g/mol. The zero-order valence-electron chi connectivity index (χ0n) is 15.4. The molecule has 0 aliphatic heterocycles. The zero-order chi connectivity index (χ0) is 18.2. The summed E-state index contributed by atoms with van der Waals surface area (Å²) >= 11 is 0. The van der Waals surface area contributed by atoms with Gasteiger partial charge in [0, 0.05) is 5.92 Å². The van der Waals surface area contributed by atoms with E-state index in [1.165, 1.54) is 61.2 Å². The molecule has 4 aromatic carbocycles. The van der Waals surface area contributed by atoms with Gasteiger partial charge >= 0.3 is 0 Å². The van der Waals surface area contributed by atoms with Gasteiger partial charge in [-0.1, -0.05) is 84.9 Å². The first-order valence-corrected chi connectivity index (χ1v) is 10.0. The second-order valence-electron chi connectivity index (χ2n) is 8.11. The van der Waals surface area contributed by atoms with Crippen LogP contribution < -0.4 is 0 Å². The van der Waals surface area contributed by atoms with Crippen molar-refractivity contribution in [3.05, 3.63) is 118 Å². The van der Waals surface area contributed by atoms with Gasteiger partial charge in [-0.3, -0.25) is 0 Å². The first-order chi connectivity index (χ1) is 13.9. The summed E-state index contributed by atoms with van der Waals surface area (Å²) in [5.41, 5.74) is 15.8. The smallest absolute Gasteiger partial charge is 0.0358 e. The van der Waals surface area contributed by atoms with Crippen molar-refractivity contribution in [2.75, 3.05) is 0 Å². The number of fused-ring (bicyclic) bond motifs is 12. The summed E-state index contributed by atoms with van der Waals surface area (Å²) in [5.74, 6) is 0.346. The fourth-order valence-electron chi connectivity index (χ4n) is 5.62. The first kappa shape index (κ1) is 14.6. The monoisotopic (exact) mass is 354 g/mol. The van der Waals surface area contributed by atoms with Crippen LogP contribution in [-0.2, 0) is 6.42 Å². The van der Waals surface area contributed by atoms with Crippen molar-refractivity contribution in [1.29, 1.82) is 0 Å². The van der Waals surface area contributed by atoms with Crippen molar-refractivity contribution in [3.8, 4) is 22.3 Å². The molecule has 0 amide bonds. The first-order valence-electron chi connectivity index (χ1n) is 10.0. The molecule has 0 saturated heterocycles. The SMILES string of the molecule is C1=C2c3c(ccc4c3-c3ccccc3C4)-c3ccccc3C2c2ccccc21. The molecule has 0 heteroatoms. The molecule has 1 atom stereocenters. The molecule has 0 spiro atoms. The highest BCUT2D eigenvalue weighted by Gasteiger charge is 2.37. The third-order valence-electron chi connectivity index (χ3n) is 6.74. The lowest BCUT2D eigenvalue weighted by atomic mass is 9.72. The van der Waals surface area contributed by atoms with Crippen LogP contribution in [0.4, 0.5) is 0 Å². The van der Waals surface area contributed by atoms with Crippen molar-refractivity contribution >= 4 is 11.6 Å². The van der Waals surface area contributed by atoms with Gasteiger partial charge in [0.05, 0.1) is 0 Å². The molecule has 4 aromatic rings. The number of hydrogen-bond acceptors (Lipinski definition) is 0. The van der Waals surface area contributed by atoms with Crippen LogP contribution in [0.5, 0.6) is 0 Å². The molecule has 3 aliphatic rings. The Kier molecular flexibility index (Phi) is 2.67. The predicted molar refractivity (Wildman–Crippen MR) is 116 cm³/mol. The quantitative estimate of drug-likeness (QED) is 0.283. The van der Waals surface area contributed by atoms with Crippen LogP contribution in [0.2, 0.25) is 0 Å². The molecule has 7 rings (SSSR count). The molecule has 0 heterocycles. The maximum absolute atomic E-state index is 2.44. The highest BCUT2D eigenvalue weighted by molar-refractivity contribution is 6.07. The molecule has 130 valence electrons. The van der Waals surface area contributed by atoms with Crippen LogP contribution in [0.25, 0.3) is 33.9 Å². The van der Waals surface area contributed by atoms with Crippen LogP contribution in [0.1, 0.15) is 39.3 Å². The third-order valence-corrected chi connectivity index (χ3v) is 6.74. The van der Waals surface area contributed by atoms with Gasteiger partial charge in [-0.2, -0.15) is 0 Å². The van der Waals surface area contributed by atoms with E-state index in [2.05, 4.69) is 91.0 Å². The molecule has 0 N–H and O–H groups in total. The maximum Gasteiger partial charge on any atom is 0.0358 e. The van der Waals surface area contributed by atoms with Gasteiger partial charge in [0.25, 0.3) is 0 Å². The lowest BCUT2D eigenvalue weighted by molar-refractivity contribution is 1.05. The number of rotatable bonds is 0. The molecular formula is C28H18. The fraction of sp³-hybridized carbons (Fsp3) is 0.0714. The van der Waals surface area contributed by atoms with Gasteiger partial charge in [-0.15, -0.1) is 0 Å². The Labute approximate surface area is 164 Å². The van der Waals surface area contributed by atoms with Crippen molar-refractivity contribution in [1.82, 2.24) is 0 Å². The Hall–Kier alpha value is -3.38. The normalized spacial score (nSPS) is 17.0. The molecular weight excluding hydrogens is 336 g/mol. The summed E-state index contributed by atoms with van der Waals surface area (Å²) in [6, 6.07) is 31.6. The average Bonchev–Trinajstić information content (AvgIpc) is 3.32. The maximum atomic E-state index is 2.44. The van der Waals surface area contributed by atoms with Crippen LogP contribution in [0.3, 0.4) is 0 Å². The zero-order valence-corrected chi connectivity index (χ0v) is 15.4. The number of allylic oxidation sites excluding steroid dienone is 1. The van der Waals surface area contributed by atoms with Crippen LogP contribution in [0.15, 0.2) is 84.9 Å². The Balaban J connectivity index is 1.63. The van der Waals surface area contributed by atoms with Crippen molar-refractivity contribution < 1.29 is 0 Å². The van der Waals surface area contributed by atoms with Gasteiger partial charge in [-0.05, 0) is 73.7 Å². The topological polar surface area (TPSA) is 0 Å². The van der Waals surface area contributed by atoms with E-state index in [4.69, 9.17) is 0 Å². The van der Waals surface area contributed by atoms with Crippen molar-refractivity contribution in [3.63, 3.8) is 0 Å². The summed E-state index contributed by atoms with van der Waals surface area (Å²) in [4.78, 5) is 0. The van der Waals surface area contributed by atoms with E-state index in [1.54, 1.807) is 0 Å². The molecule has 0 bridgehead atoms. The summed E-state index contributed by atoms with van der Waals surface area (Å²) < 4.78 is 0. The van der Waals surface area contributed by atoms with Crippen LogP contribution >= 0.6 is 0 Å². The third kappa shape index (κ3) is 1.71. The van der Waals surface area contributed by atoms with Gasteiger partial charge in [0.15, 0.2) is 0 Å². The standard InChI is InChI=1S/C28H18/c1-3-9-20-17(7-1)15-19-13-14-24-22-11-5-6-12-23(22)27-21-10-4-2-8-18(21)16-25(27)28(24)26(19)20/h1-14,16,27H,15H2. The Morgan fingerprint density at radius 3 is 2.21 bits per heavy atom. The van der Waals surface area contributed by atoms with E-state index in [0.29, 0.717) is 5.92 Å². The van der Waals surface area contributed by atoms with E-state index in [-0.39, 0.29) is 0 Å². The minimum atomic E-state index is 0.346. The summed E-state index contributed by atoms with van der Waals surface area (Å²) in [6.07, 6.45) is 3.49. The van der Waals surface area contributed by atoms with Gasteiger partial charge in [0.2, 0.25) is 0 Å². The highest BCUT2D eigenvalue weighted by atomic mass is 14.4. The molecule has 0 nitrogen and oxygen atoms in total. The van der Waals surface area contributed by atoms with Gasteiger partial charge in [-0.25, -0.2) is 0 Å². The molecule has 0 radical (unpaired) electrons. The summed E-state index contributed by atoms with van der Waals surface area (Å²) in [6.45, 7) is 0. The van der Waals surface area contributed by atoms with Crippen LogP contribution in [-0.4, -0.2) is 0 Å². The second kappa shape index (κ2) is 5.11. The minimum Gasteiger partial charge on any atom is -0.0619 e. The Bertz CT molecular complexity index is 1340. The summed E-state index contributed by atoms with van der Waals surface area (Å²) in [7, 11) is 0. The van der Waals surface area contributed by atoms with Crippen LogP contribution in [0, 0.1) is 0 Å².